The number of piperidine rings is 1. The molecule has 0 aromatic rings. The lowest BCUT2D eigenvalue weighted by molar-refractivity contribution is 0.210. The van der Waals surface area contributed by atoms with E-state index in [9.17, 15) is 0 Å². The minimum absolute atomic E-state index is 0. The molecule has 4 nitrogen and oxygen atoms in total. The van der Waals surface area contributed by atoms with Gasteiger partial charge in [-0.2, -0.15) is 0 Å². The van der Waals surface area contributed by atoms with Crippen molar-refractivity contribution in [3.05, 3.63) is 0 Å². The second-order valence-corrected chi connectivity index (χ2v) is 7.48. The van der Waals surface area contributed by atoms with E-state index in [4.69, 9.17) is 0 Å². The highest BCUT2D eigenvalue weighted by Gasteiger charge is 2.24. The van der Waals surface area contributed by atoms with Gasteiger partial charge in [-0.3, -0.25) is 4.99 Å². The van der Waals surface area contributed by atoms with Crippen LogP contribution in [-0.4, -0.2) is 50.6 Å². The Labute approximate surface area is 153 Å². The van der Waals surface area contributed by atoms with Crippen LogP contribution in [0.2, 0.25) is 0 Å². The second-order valence-electron chi connectivity index (χ2n) is 7.48. The molecular formula is C17H35IN4. The van der Waals surface area contributed by atoms with Crippen LogP contribution >= 0.6 is 24.0 Å². The average molecular weight is 422 g/mol. The van der Waals surface area contributed by atoms with Crippen LogP contribution in [0.5, 0.6) is 0 Å². The molecule has 1 saturated carbocycles. The molecule has 0 spiro atoms. The fraction of sp³-hybridized carbons (Fsp3) is 0.941. The van der Waals surface area contributed by atoms with Gasteiger partial charge in [0.2, 0.25) is 0 Å². The number of rotatable bonds is 3. The number of likely N-dealkylation sites (tertiary alicyclic amines) is 1. The van der Waals surface area contributed by atoms with Gasteiger partial charge < -0.3 is 15.5 Å². The highest BCUT2D eigenvalue weighted by atomic mass is 127. The van der Waals surface area contributed by atoms with E-state index in [0.717, 1.165) is 30.3 Å². The van der Waals surface area contributed by atoms with E-state index in [2.05, 4.69) is 41.4 Å². The molecule has 2 fully saturated rings. The van der Waals surface area contributed by atoms with Gasteiger partial charge in [-0.05, 0) is 63.5 Å². The number of hydrogen-bond donors (Lipinski definition) is 2. The summed E-state index contributed by atoms with van der Waals surface area (Å²) in [4.78, 5) is 6.86. The first-order valence-electron chi connectivity index (χ1n) is 8.72. The molecule has 1 aliphatic heterocycles. The largest absolute Gasteiger partial charge is 0.356 e. The number of aliphatic imine (C=N–C) groups is 1. The maximum absolute atomic E-state index is 4.42. The monoisotopic (exact) mass is 422 g/mol. The molecule has 0 amide bonds. The summed E-state index contributed by atoms with van der Waals surface area (Å²) >= 11 is 0. The Bertz CT molecular complexity index is 338. The molecule has 1 saturated heterocycles. The fourth-order valence-electron chi connectivity index (χ4n) is 4.13. The molecule has 1 heterocycles. The smallest absolute Gasteiger partial charge is 0.191 e. The van der Waals surface area contributed by atoms with E-state index in [0.29, 0.717) is 6.04 Å². The summed E-state index contributed by atoms with van der Waals surface area (Å²) < 4.78 is 0. The van der Waals surface area contributed by atoms with E-state index in [1.54, 1.807) is 0 Å². The molecule has 0 aromatic heterocycles. The van der Waals surface area contributed by atoms with Gasteiger partial charge in [-0.15, -0.1) is 24.0 Å². The summed E-state index contributed by atoms with van der Waals surface area (Å²) in [6.45, 7) is 8.25. The van der Waals surface area contributed by atoms with Crippen LogP contribution in [0.4, 0.5) is 0 Å². The quantitative estimate of drug-likeness (QED) is 0.418. The topological polar surface area (TPSA) is 39.7 Å². The Morgan fingerprint density at radius 2 is 1.86 bits per heavy atom. The maximum Gasteiger partial charge on any atom is 0.191 e. The molecular weight excluding hydrogens is 387 g/mol. The molecule has 2 rings (SSSR count). The van der Waals surface area contributed by atoms with Crippen LogP contribution in [0, 0.1) is 17.8 Å². The Morgan fingerprint density at radius 3 is 2.45 bits per heavy atom. The first kappa shape index (κ1) is 20.0. The minimum Gasteiger partial charge on any atom is -0.356 e. The van der Waals surface area contributed by atoms with Gasteiger partial charge in [0.25, 0.3) is 0 Å². The van der Waals surface area contributed by atoms with Gasteiger partial charge in [0.05, 0.1) is 0 Å². The minimum atomic E-state index is 0. The van der Waals surface area contributed by atoms with Crippen LogP contribution in [0.1, 0.15) is 46.0 Å². The molecule has 3 unspecified atom stereocenters. The SMILES string of the molecule is CN=C(NCC1CCCN(C)C1)NC1CC(C)CC(C)C1.I. The fourth-order valence-corrected chi connectivity index (χ4v) is 4.13. The first-order valence-corrected chi connectivity index (χ1v) is 8.72. The van der Waals surface area contributed by atoms with Crippen LogP contribution < -0.4 is 10.6 Å². The normalized spacial score (nSPS) is 33.9. The van der Waals surface area contributed by atoms with Crippen molar-refractivity contribution in [2.45, 2.75) is 52.0 Å². The molecule has 5 heteroatoms. The van der Waals surface area contributed by atoms with Crippen LogP contribution in [-0.2, 0) is 0 Å². The van der Waals surface area contributed by atoms with Crippen LogP contribution in [0.3, 0.4) is 0 Å². The number of nitrogens with zero attached hydrogens (tertiary/aromatic N) is 2. The summed E-state index contributed by atoms with van der Waals surface area (Å²) in [5.74, 6) is 3.41. The first-order chi connectivity index (χ1) is 10.1. The standard InChI is InChI=1S/C17H34N4.HI/c1-13-8-14(2)10-16(9-13)20-17(18-3)19-11-15-6-5-7-21(4)12-15;/h13-16H,5-12H2,1-4H3,(H2,18,19,20);1H. The van der Waals surface area contributed by atoms with Gasteiger partial charge in [0, 0.05) is 26.2 Å². The van der Waals surface area contributed by atoms with Crippen molar-refractivity contribution in [1.82, 2.24) is 15.5 Å². The lowest BCUT2D eigenvalue weighted by Gasteiger charge is -2.34. The molecule has 3 atom stereocenters. The average Bonchev–Trinajstić information content (AvgIpc) is 2.42. The Hall–Kier alpha value is -0.0400. The molecule has 2 aliphatic rings. The van der Waals surface area contributed by atoms with E-state index in [1.807, 2.05) is 7.05 Å². The van der Waals surface area contributed by atoms with Crippen molar-refractivity contribution in [2.75, 3.05) is 33.7 Å². The zero-order chi connectivity index (χ0) is 15.2. The molecule has 130 valence electrons. The predicted octanol–water partition coefficient (Wildman–Crippen LogP) is 2.94. The van der Waals surface area contributed by atoms with E-state index < -0.39 is 0 Å². The highest BCUT2D eigenvalue weighted by molar-refractivity contribution is 14.0. The third kappa shape index (κ3) is 6.60. The lowest BCUT2D eigenvalue weighted by Crippen LogP contribution is -2.48. The summed E-state index contributed by atoms with van der Waals surface area (Å²) in [5, 5.41) is 7.19. The van der Waals surface area contributed by atoms with Crippen molar-refractivity contribution in [3.8, 4) is 0 Å². The maximum atomic E-state index is 4.42. The zero-order valence-corrected chi connectivity index (χ0v) is 17.1. The van der Waals surface area contributed by atoms with Gasteiger partial charge in [-0.25, -0.2) is 0 Å². The van der Waals surface area contributed by atoms with Gasteiger partial charge in [0.15, 0.2) is 5.96 Å². The molecule has 22 heavy (non-hydrogen) atoms. The Kier molecular flexibility index (Phi) is 9.05. The van der Waals surface area contributed by atoms with E-state index in [1.165, 1.54) is 45.2 Å². The molecule has 2 N–H and O–H groups in total. The third-order valence-electron chi connectivity index (χ3n) is 5.02. The summed E-state index contributed by atoms with van der Waals surface area (Å²) in [5.41, 5.74) is 0. The zero-order valence-electron chi connectivity index (χ0n) is 14.8. The summed E-state index contributed by atoms with van der Waals surface area (Å²) in [7, 11) is 4.11. The van der Waals surface area contributed by atoms with Crippen molar-refractivity contribution >= 4 is 29.9 Å². The molecule has 0 radical (unpaired) electrons. The summed E-state index contributed by atoms with van der Waals surface area (Å²) in [6, 6.07) is 0.587. The van der Waals surface area contributed by atoms with Crippen molar-refractivity contribution in [2.24, 2.45) is 22.7 Å². The number of halogens is 1. The van der Waals surface area contributed by atoms with Crippen LogP contribution in [0.25, 0.3) is 0 Å². The van der Waals surface area contributed by atoms with Gasteiger partial charge in [-0.1, -0.05) is 13.8 Å². The molecule has 0 aromatic carbocycles. The van der Waals surface area contributed by atoms with E-state index in [-0.39, 0.29) is 24.0 Å². The lowest BCUT2D eigenvalue weighted by atomic mass is 9.80. The molecule has 0 bridgehead atoms. The predicted molar refractivity (Wildman–Crippen MR) is 106 cm³/mol. The number of guanidine groups is 1. The summed E-state index contributed by atoms with van der Waals surface area (Å²) in [6.07, 6.45) is 6.59. The van der Waals surface area contributed by atoms with Gasteiger partial charge >= 0.3 is 0 Å². The van der Waals surface area contributed by atoms with Gasteiger partial charge in [0.1, 0.15) is 0 Å². The third-order valence-corrected chi connectivity index (χ3v) is 5.02. The van der Waals surface area contributed by atoms with Crippen molar-refractivity contribution in [3.63, 3.8) is 0 Å². The Morgan fingerprint density at radius 1 is 1.18 bits per heavy atom. The number of nitrogens with one attached hydrogen (secondary N) is 2. The van der Waals surface area contributed by atoms with Crippen molar-refractivity contribution in [1.29, 1.82) is 0 Å². The Balaban J connectivity index is 0.00000242. The van der Waals surface area contributed by atoms with E-state index >= 15 is 0 Å². The van der Waals surface area contributed by atoms with Crippen LogP contribution in [0.15, 0.2) is 4.99 Å². The highest BCUT2D eigenvalue weighted by Crippen LogP contribution is 2.28. The second kappa shape index (κ2) is 9.96. The number of hydrogen-bond acceptors (Lipinski definition) is 2. The molecule has 1 aliphatic carbocycles. The van der Waals surface area contributed by atoms with Crippen molar-refractivity contribution < 1.29 is 0 Å².